The topological polar surface area (TPSA) is 90.1 Å². The average Bonchev–Trinajstić information content (AvgIpc) is 3.19. The summed E-state index contributed by atoms with van der Waals surface area (Å²) < 4.78 is 60.6. The molecule has 3 aromatic rings. The molecule has 0 saturated heterocycles. The van der Waals surface area contributed by atoms with E-state index in [1.807, 2.05) is 0 Å². The first-order valence-electron chi connectivity index (χ1n) is 8.67. The van der Waals surface area contributed by atoms with E-state index in [1.54, 1.807) is 55.7 Å². The van der Waals surface area contributed by atoms with Crippen LogP contribution in [0.25, 0.3) is 11.4 Å². The van der Waals surface area contributed by atoms with Crippen LogP contribution in [0.4, 0.5) is 13.2 Å². The van der Waals surface area contributed by atoms with E-state index in [0.717, 1.165) is 5.56 Å². The Balaban J connectivity index is 1.70. The molecule has 1 atom stereocenters. The van der Waals surface area contributed by atoms with Gasteiger partial charge in [-0.25, -0.2) is 5.09 Å². The summed E-state index contributed by atoms with van der Waals surface area (Å²) in [6, 6.07) is 9.97. The molecule has 1 unspecified atom stereocenters. The van der Waals surface area contributed by atoms with Gasteiger partial charge in [-0.1, -0.05) is 29.4 Å². The fraction of sp³-hybridized carbons (Fsp3) is 0.278. The van der Waals surface area contributed by atoms with Crippen LogP contribution in [0.2, 0.25) is 0 Å². The summed E-state index contributed by atoms with van der Waals surface area (Å²) in [5.74, 6) is -1.58. The third-order valence-corrected chi connectivity index (χ3v) is 5.98. The van der Waals surface area contributed by atoms with Crippen molar-refractivity contribution in [3.05, 3.63) is 65.8 Å². The molecule has 0 bridgehead atoms. The summed E-state index contributed by atoms with van der Waals surface area (Å²) in [7, 11) is -3.18. The number of pyridine rings is 1. The van der Waals surface area contributed by atoms with E-state index in [-0.39, 0.29) is 18.6 Å². The van der Waals surface area contributed by atoms with Crippen LogP contribution in [0, 0.1) is 0 Å². The molecule has 2 aromatic heterocycles. The van der Waals surface area contributed by atoms with Crippen molar-refractivity contribution in [2.45, 2.75) is 25.8 Å². The number of hydrogen-bond acceptors (Lipinski definition) is 6. The van der Waals surface area contributed by atoms with E-state index in [9.17, 15) is 17.7 Å². The summed E-state index contributed by atoms with van der Waals surface area (Å²) in [5, 5.41) is 6.32. The van der Waals surface area contributed by atoms with Gasteiger partial charge in [-0.05, 0) is 30.2 Å². The van der Waals surface area contributed by atoms with E-state index in [1.165, 1.54) is 0 Å². The van der Waals surface area contributed by atoms with Crippen molar-refractivity contribution in [1.29, 1.82) is 0 Å². The highest BCUT2D eigenvalue weighted by atomic mass is 31.2. The van der Waals surface area contributed by atoms with E-state index in [2.05, 4.69) is 24.7 Å². The zero-order valence-electron chi connectivity index (χ0n) is 15.4. The molecule has 0 saturated carbocycles. The minimum Gasteiger partial charge on any atom is -0.329 e. The molecule has 7 nitrogen and oxygen atoms in total. The fourth-order valence-corrected chi connectivity index (χ4v) is 4.35. The van der Waals surface area contributed by atoms with E-state index in [4.69, 9.17) is 4.52 Å². The minimum atomic E-state index is -4.70. The first-order valence-corrected chi connectivity index (χ1v) is 10.5. The fourth-order valence-electron chi connectivity index (χ4n) is 2.52. The van der Waals surface area contributed by atoms with Gasteiger partial charge >= 0.3 is 12.1 Å². The maximum atomic E-state index is 13.1. The molecule has 3 rings (SSSR count). The molecule has 11 heteroatoms. The van der Waals surface area contributed by atoms with Gasteiger partial charge < -0.3 is 9.05 Å². The molecule has 0 aliphatic rings. The second kappa shape index (κ2) is 8.86. The quantitative estimate of drug-likeness (QED) is 0.524. The third kappa shape index (κ3) is 5.72. The van der Waals surface area contributed by atoms with Crippen LogP contribution in [0.1, 0.15) is 23.9 Å². The first-order chi connectivity index (χ1) is 13.8. The maximum Gasteiger partial charge on any atom is 0.471 e. The van der Waals surface area contributed by atoms with Crippen LogP contribution in [0.3, 0.4) is 0 Å². The summed E-state index contributed by atoms with van der Waals surface area (Å²) in [4.78, 5) is 7.28. The van der Waals surface area contributed by atoms with Crippen LogP contribution in [-0.2, 0) is 28.0 Å². The monoisotopic (exact) mass is 426 g/mol. The Kier molecular flexibility index (Phi) is 6.46. The first kappa shape index (κ1) is 21.2. The number of alkyl halides is 3. The van der Waals surface area contributed by atoms with Crippen molar-refractivity contribution in [3.63, 3.8) is 0 Å². The molecule has 0 aliphatic heterocycles. The summed E-state index contributed by atoms with van der Waals surface area (Å²) >= 11 is 0. The Morgan fingerprint density at radius 1 is 1.10 bits per heavy atom. The highest BCUT2D eigenvalue weighted by molar-refractivity contribution is 7.56. The Morgan fingerprint density at radius 2 is 1.79 bits per heavy atom. The van der Waals surface area contributed by atoms with Gasteiger partial charge in [0.2, 0.25) is 5.82 Å². The Morgan fingerprint density at radius 3 is 2.38 bits per heavy atom. The molecule has 0 radical (unpaired) electrons. The SMILES string of the molecule is CCOP(=O)(Cc1ccc(-c2noc(C(F)(F)F)n2)cc1)NCc1ccncc1. The van der Waals surface area contributed by atoms with Crippen molar-refractivity contribution in [1.82, 2.24) is 20.2 Å². The van der Waals surface area contributed by atoms with Crippen molar-refractivity contribution in [2.24, 2.45) is 0 Å². The maximum absolute atomic E-state index is 13.1. The predicted molar refractivity (Wildman–Crippen MR) is 98.7 cm³/mol. The lowest BCUT2D eigenvalue weighted by molar-refractivity contribution is -0.159. The van der Waals surface area contributed by atoms with Crippen LogP contribution in [0.5, 0.6) is 0 Å². The lowest BCUT2D eigenvalue weighted by Gasteiger charge is -2.19. The standard InChI is InChI=1S/C18H18F3N4O3P/c1-2-27-29(26,23-11-13-7-9-22-10-8-13)12-14-3-5-15(6-4-14)16-24-17(28-25-16)18(19,20)21/h3-10H,2,11-12H2,1H3,(H,23,26). The number of benzene rings is 1. The number of halogens is 3. The number of aromatic nitrogens is 3. The highest BCUT2D eigenvalue weighted by Gasteiger charge is 2.38. The van der Waals surface area contributed by atoms with Crippen molar-refractivity contribution in [3.8, 4) is 11.4 Å². The number of nitrogens with one attached hydrogen (secondary N) is 1. The van der Waals surface area contributed by atoms with Crippen LogP contribution >= 0.6 is 7.52 Å². The lowest BCUT2D eigenvalue weighted by Crippen LogP contribution is -2.14. The molecule has 0 fully saturated rings. The van der Waals surface area contributed by atoms with E-state index in [0.29, 0.717) is 17.7 Å². The van der Waals surface area contributed by atoms with Crippen molar-refractivity contribution >= 4 is 7.52 Å². The zero-order valence-corrected chi connectivity index (χ0v) is 16.3. The molecule has 2 heterocycles. The van der Waals surface area contributed by atoms with E-state index >= 15 is 0 Å². The Bertz CT molecular complexity index is 978. The van der Waals surface area contributed by atoms with Gasteiger partial charge in [0.15, 0.2) is 0 Å². The van der Waals surface area contributed by atoms with Gasteiger partial charge in [0.1, 0.15) is 0 Å². The predicted octanol–water partition coefficient (Wildman–Crippen LogP) is 4.67. The number of nitrogens with zero attached hydrogens (tertiary/aromatic N) is 3. The van der Waals surface area contributed by atoms with Gasteiger partial charge in [0.25, 0.3) is 7.52 Å². The van der Waals surface area contributed by atoms with Crippen LogP contribution in [-0.4, -0.2) is 21.7 Å². The smallest absolute Gasteiger partial charge is 0.329 e. The second-order valence-electron chi connectivity index (χ2n) is 6.06. The van der Waals surface area contributed by atoms with Crippen molar-refractivity contribution < 1.29 is 26.8 Å². The van der Waals surface area contributed by atoms with Gasteiger partial charge in [-0.15, -0.1) is 0 Å². The molecule has 1 N–H and O–H groups in total. The van der Waals surface area contributed by atoms with Gasteiger partial charge in [-0.3, -0.25) is 9.55 Å². The third-order valence-electron chi connectivity index (χ3n) is 3.88. The number of rotatable bonds is 8. The van der Waals surface area contributed by atoms with Gasteiger partial charge in [-0.2, -0.15) is 18.2 Å². The zero-order chi connectivity index (χ0) is 20.9. The summed E-state index contributed by atoms with van der Waals surface area (Å²) in [6.07, 6.45) is -1.30. The molecule has 0 spiro atoms. The molecule has 1 aromatic carbocycles. The molecular weight excluding hydrogens is 408 g/mol. The summed E-state index contributed by atoms with van der Waals surface area (Å²) in [5.41, 5.74) is 1.95. The Hall–Kier alpha value is -2.55. The second-order valence-corrected chi connectivity index (χ2v) is 8.29. The van der Waals surface area contributed by atoms with Crippen molar-refractivity contribution in [2.75, 3.05) is 6.61 Å². The summed E-state index contributed by atoms with van der Waals surface area (Å²) in [6.45, 7) is 2.36. The molecular formula is C18H18F3N4O3P. The van der Waals surface area contributed by atoms with Gasteiger partial charge in [0, 0.05) is 24.5 Å². The highest BCUT2D eigenvalue weighted by Crippen LogP contribution is 2.46. The largest absolute Gasteiger partial charge is 0.471 e. The number of hydrogen-bond donors (Lipinski definition) is 1. The Labute approximate surface area is 164 Å². The molecule has 0 aliphatic carbocycles. The molecule has 154 valence electrons. The van der Waals surface area contributed by atoms with Crippen LogP contribution < -0.4 is 5.09 Å². The van der Waals surface area contributed by atoms with E-state index < -0.39 is 19.6 Å². The molecule has 0 amide bonds. The minimum absolute atomic E-state index is 0.117. The average molecular weight is 426 g/mol. The lowest BCUT2D eigenvalue weighted by atomic mass is 10.1. The normalized spacial score (nSPS) is 13.9. The molecule has 29 heavy (non-hydrogen) atoms. The van der Waals surface area contributed by atoms with Gasteiger partial charge in [0.05, 0.1) is 12.8 Å². The van der Waals surface area contributed by atoms with Crippen LogP contribution in [0.15, 0.2) is 53.3 Å².